The average Bonchev–Trinajstić information content (AvgIpc) is 3.29. The first-order valence-electron chi connectivity index (χ1n) is 6.73. The molecule has 1 fully saturated rings. The summed E-state index contributed by atoms with van der Waals surface area (Å²) in [5, 5.41) is 10.6. The Hall–Kier alpha value is -2.48. The van der Waals surface area contributed by atoms with Crippen molar-refractivity contribution in [1.82, 2.24) is 14.9 Å². The lowest BCUT2D eigenvalue weighted by Crippen LogP contribution is -2.10. The monoisotopic (exact) mass is 318 g/mol. The Morgan fingerprint density at radius 1 is 1.50 bits per heavy atom. The summed E-state index contributed by atoms with van der Waals surface area (Å²) in [5.74, 6) is 0.726. The molecule has 7 nitrogen and oxygen atoms in total. The lowest BCUT2D eigenvalue weighted by Gasteiger charge is -2.09. The molecule has 22 heavy (non-hydrogen) atoms. The zero-order chi connectivity index (χ0) is 15.5. The molecule has 8 heteroatoms. The molecule has 0 saturated heterocycles. The van der Waals surface area contributed by atoms with E-state index < -0.39 is 0 Å². The predicted octanol–water partition coefficient (Wildman–Crippen LogP) is 2.15. The van der Waals surface area contributed by atoms with E-state index >= 15 is 0 Å². The summed E-state index contributed by atoms with van der Waals surface area (Å²) in [6, 6.07) is 5.21. The smallest absolute Gasteiger partial charge is 0.314 e. The van der Waals surface area contributed by atoms with Gasteiger partial charge in [0, 0.05) is 0 Å². The van der Waals surface area contributed by atoms with Crippen molar-refractivity contribution >= 4 is 24.4 Å². The number of esters is 1. The Balaban J connectivity index is 1.78. The average molecular weight is 318 g/mol. The van der Waals surface area contributed by atoms with Crippen LogP contribution in [-0.4, -0.2) is 34.2 Å². The van der Waals surface area contributed by atoms with Gasteiger partial charge in [-0.2, -0.15) is 14.9 Å². The van der Waals surface area contributed by atoms with Gasteiger partial charge in [0.15, 0.2) is 11.5 Å². The van der Waals surface area contributed by atoms with E-state index in [1.807, 2.05) is 0 Å². The van der Waals surface area contributed by atoms with Crippen LogP contribution in [0.1, 0.15) is 18.4 Å². The largest absolute Gasteiger partial charge is 0.493 e. The van der Waals surface area contributed by atoms with Crippen molar-refractivity contribution in [2.75, 3.05) is 7.11 Å². The number of rotatable bonds is 5. The maximum Gasteiger partial charge on any atom is 0.314 e. The van der Waals surface area contributed by atoms with E-state index in [9.17, 15) is 4.79 Å². The fourth-order valence-electron chi connectivity index (χ4n) is 1.81. The second kappa shape index (κ2) is 6.10. The Morgan fingerprint density at radius 2 is 2.32 bits per heavy atom. The van der Waals surface area contributed by atoms with Crippen LogP contribution in [0.25, 0.3) is 0 Å². The molecule has 1 aromatic heterocycles. The van der Waals surface area contributed by atoms with Crippen LogP contribution in [-0.2, 0) is 4.79 Å². The third-order valence-corrected chi connectivity index (χ3v) is 3.45. The molecule has 0 atom stereocenters. The number of methoxy groups -OCH3 is 1. The Labute approximate surface area is 131 Å². The summed E-state index contributed by atoms with van der Waals surface area (Å²) < 4.78 is 12.4. The highest BCUT2D eigenvalue weighted by atomic mass is 32.1. The summed E-state index contributed by atoms with van der Waals surface area (Å²) in [6.45, 7) is 0. The van der Waals surface area contributed by atoms with Crippen LogP contribution in [0.4, 0.5) is 0 Å². The van der Waals surface area contributed by atoms with Crippen LogP contribution in [0.2, 0.25) is 0 Å². The van der Waals surface area contributed by atoms with Gasteiger partial charge < -0.3 is 9.47 Å². The number of aromatic amines is 1. The maximum absolute atomic E-state index is 11.7. The molecule has 1 aliphatic carbocycles. The van der Waals surface area contributed by atoms with Crippen LogP contribution in [0, 0.1) is 10.7 Å². The predicted molar refractivity (Wildman–Crippen MR) is 81.8 cm³/mol. The van der Waals surface area contributed by atoms with Crippen molar-refractivity contribution in [2.24, 2.45) is 11.0 Å². The Kier molecular flexibility index (Phi) is 4.01. The molecule has 114 valence electrons. The number of ether oxygens (including phenoxy) is 2. The summed E-state index contributed by atoms with van der Waals surface area (Å²) in [5.41, 5.74) is 0.783. The maximum atomic E-state index is 11.7. The molecule has 0 aliphatic heterocycles. The minimum Gasteiger partial charge on any atom is -0.493 e. The second-order valence-corrected chi connectivity index (χ2v) is 5.24. The highest BCUT2D eigenvalue weighted by Gasteiger charge is 2.32. The fourth-order valence-corrected chi connectivity index (χ4v) is 1.96. The van der Waals surface area contributed by atoms with Crippen molar-refractivity contribution in [3.8, 4) is 11.5 Å². The van der Waals surface area contributed by atoms with E-state index in [2.05, 4.69) is 15.3 Å². The van der Waals surface area contributed by atoms with E-state index in [0.29, 0.717) is 16.3 Å². The molecule has 0 bridgehead atoms. The molecule has 0 radical (unpaired) electrons. The van der Waals surface area contributed by atoms with Gasteiger partial charge in [-0.25, -0.2) is 0 Å². The van der Waals surface area contributed by atoms with Gasteiger partial charge in [0.05, 0.1) is 19.2 Å². The number of carbonyl (C=O) groups excluding carboxylic acids is 1. The number of aromatic nitrogens is 3. The van der Waals surface area contributed by atoms with Gasteiger partial charge in [-0.1, -0.05) is 0 Å². The molecule has 3 rings (SSSR count). The van der Waals surface area contributed by atoms with Crippen LogP contribution >= 0.6 is 12.2 Å². The lowest BCUT2D eigenvalue weighted by atomic mass is 10.2. The molecule has 1 aromatic carbocycles. The van der Waals surface area contributed by atoms with Crippen LogP contribution in [0.5, 0.6) is 11.5 Å². The quantitative estimate of drug-likeness (QED) is 0.395. The summed E-state index contributed by atoms with van der Waals surface area (Å²) in [7, 11) is 1.52. The molecule has 1 heterocycles. The Bertz CT molecular complexity index is 776. The molecular weight excluding hydrogens is 304 g/mol. The van der Waals surface area contributed by atoms with Crippen molar-refractivity contribution in [3.63, 3.8) is 0 Å². The minimum atomic E-state index is -0.204. The first kappa shape index (κ1) is 14.5. The lowest BCUT2D eigenvalue weighted by molar-refractivity contribution is -0.135. The number of H-pyrrole nitrogens is 1. The van der Waals surface area contributed by atoms with Gasteiger partial charge in [-0.05, 0) is 48.8 Å². The van der Waals surface area contributed by atoms with E-state index in [-0.39, 0.29) is 11.9 Å². The standard InChI is InChI=1S/C14H14N4O3S/c1-20-12-6-9(7-16-18-8-15-17-14(18)22)2-5-11(12)21-13(19)10-3-4-10/h2,5-8,10H,3-4H2,1H3,(H,17,22)/b16-7-. The zero-order valence-electron chi connectivity index (χ0n) is 11.9. The van der Waals surface area contributed by atoms with Crippen LogP contribution in [0.15, 0.2) is 29.6 Å². The van der Waals surface area contributed by atoms with Gasteiger partial charge in [0.2, 0.25) is 4.77 Å². The first-order chi connectivity index (χ1) is 10.7. The van der Waals surface area contributed by atoms with E-state index in [4.69, 9.17) is 21.7 Å². The molecule has 1 saturated carbocycles. The fraction of sp³-hybridized carbons (Fsp3) is 0.286. The summed E-state index contributed by atoms with van der Waals surface area (Å²) >= 11 is 5.00. The first-order valence-corrected chi connectivity index (χ1v) is 7.14. The van der Waals surface area contributed by atoms with Crippen LogP contribution in [0.3, 0.4) is 0 Å². The number of benzene rings is 1. The van der Waals surface area contributed by atoms with E-state index in [0.717, 1.165) is 18.4 Å². The van der Waals surface area contributed by atoms with E-state index in [1.54, 1.807) is 24.4 Å². The van der Waals surface area contributed by atoms with Crippen LogP contribution < -0.4 is 9.47 Å². The third-order valence-electron chi connectivity index (χ3n) is 3.18. The van der Waals surface area contributed by atoms with Gasteiger partial charge in [-0.3, -0.25) is 9.89 Å². The van der Waals surface area contributed by atoms with Crippen molar-refractivity contribution < 1.29 is 14.3 Å². The topological polar surface area (TPSA) is 81.5 Å². The highest BCUT2D eigenvalue weighted by Crippen LogP contribution is 2.34. The molecule has 1 aliphatic rings. The summed E-state index contributed by atoms with van der Waals surface area (Å²) in [6.07, 6.45) is 4.89. The number of carbonyl (C=O) groups is 1. The Morgan fingerprint density at radius 3 is 2.95 bits per heavy atom. The minimum absolute atomic E-state index is 0.0360. The molecule has 0 spiro atoms. The van der Waals surface area contributed by atoms with E-state index in [1.165, 1.54) is 18.1 Å². The van der Waals surface area contributed by atoms with Gasteiger partial charge >= 0.3 is 5.97 Å². The SMILES string of the molecule is COc1cc(/C=N\n2cn[nH]c2=S)ccc1OC(=O)C1CC1. The third kappa shape index (κ3) is 3.22. The number of nitrogens with zero attached hydrogens (tertiary/aromatic N) is 3. The van der Waals surface area contributed by atoms with Crippen molar-refractivity contribution in [2.45, 2.75) is 12.8 Å². The van der Waals surface area contributed by atoms with Crippen molar-refractivity contribution in [1.29, 1.82) is 0 Å². The zero-order valence-corrected chi connectivity index (χ0v) is 12.7. The number of hydrogen-bond donors (Lipinski definition) is 1. The number of hydrogen-bond acceptors (Lipinski definition) is 6. The molecule has 0 unspecified atom stereocenters. The number of nitrogens with one attached hydrogen (secondary N) is 1. The van der Waals surface area contributed by atoms with Gasteiger partial charge in [0.25, 0.3) is 0 Å². The molecule has 0 amide bonds. The summed E-state index contributed by atoms with van der Waals surface area (Å²) in [4.78, 5) is 11.7. The molecule has 1 N–H and O–H groups in total. The normalized spacial score (nSPS) is 14.2. The van der Waals surface area contributed by atoms with Gasteiger partial charge in [0.1, 0.15) is 6.33 Å². The van der Waals surface area contributed by atoms with Gasteiger partial charge in [-0.15, -0.1) is 0 Å². The molecule has 2 aromatic rings. The molecular formula is C14H14N4O3S. The second-order valence-electron chi connectivity index (χ2n) is 4.86. The highest BCUT2D eigenvalue weighted by molar-refractivity contribution is 7.71. The van der Waals surface area contributed by atoms with Crippen molar-refractivity contribution in [3.05, 3.63) is 34.9 Å².